The minimum Gasteiger partial charge on any atom is -0.343 e. The first-order chi connectivity index (χ1) is 22.8. The number of sulfonamides is 1. The number of hydrogen-bond donors (Lipinski definition) is 2. The van der Waals surface area contributed by atoms with Crippen LogP contribution in [0.25, 0.3) is 0 Å². The number of likely N-dealkylation sites (N-methyl/N-ethyl adjacent to an activating group) is 1. The Morgan fingerprint density at radius 3 is 2.33 bits per heavy atom. The van der Waals surface area contributed by atoms with Crippen molar-refractivity contribution in [2.75, 3.05) is 45.5 Å². The van der Waals surface area contributed by atoms with Crippen LogP contribution in [0.4, 0.5) is 0 Å². The van der Waals surface area contributed by atoms with Gasteiger partial charge in [-0.1, -0.05) is 87.0 Å². The number of fused-ring (bicyclic) bond motifs is 1. The summed E-state index contributed by atoms with van der Waals surface area (Å²) in [6.45, 7) is 9.37. The molecule has 1 aliphatic carbocycles. The smallest absolute Gasteiger partial charge is 0.245 e. The number of halogens is 1. The molecule has 0 bridgehead atoms. The van der Waals surface area contributed by atoms with Crippen LogP contribution in [0.2, 0.25) is 5.02 Å². The number of rotatable bonds is 12. The van der Waals surface area contributed by atoms with Crippen LogP contribution in [0.5, 0.6) is 0 Å². The number of nitrogens with zero attached hydrogens (tertiary/aromatic N) is 3. The van der Waals surface area contributed by atoms with Crippen molar-refractivity contribution in [1.82, 2.24) is 24.7 Å². The zero-order valence-electron chi connectivity index (χ0n) is 29.1. The fraction of sp³-hybridized carbons (Fsp3) is 0.622. The molecule has 0 spiro atoms. The van der Waals surface area contributed by atoms with Crippen LogP contribution in [-0.2, 0) is 38.0 Å². The van der Waals surface area contributed by atoms with E-state index in [9.17, 15) is 18.0 Å². The third kappa shape index (κ3) is 9.38. The molecule has 2 fully saturated rings. The monoisotopic (exact) mass is 699 g/mol. The molecule has 2 N–H and O–H groups in total. The van der Waals surface area contributed by atoms with Crippen LogP contribution in [0.15, 0.2) is 48.5 Å². The van der Waals surface area contributed by atoms with Gasteiger partial charge in [-0.3, -0.25) is 19.8 Å². The Balaban J connectivity index is 1.29. The van der Waals surface area contributed by atoms with Crippen molar-refractivity contribution in [2.24, 2.45) is 5.92 Å². The van der Waals surface area contributed by atoms with Gasteiger partial charge in [-0.2, -0.15) is 0 Å². The predicted molar refractivity (Wildman–Crippen MR) is 192 cm³/mol. The SMILES string of the molecule is CCN(CC(CC1CCCCC1)N1CCN(C(=O)C(Cc2ccc(Cl)cc2)NC(=O)C2Cc3ccccc3C(C)(C)N2)CC1)S(C)(=O)=O. The number of amides is 2. The Morgan fingerprint density at radius 2 is 1.69 bits per heavy atom. The van der Waals surface area contributed by atoms with Crippen molar-refractivity contribution in [3.05, 3.63) is 70.2 Å². The number of carbonyl (C=O) groups excluding carboxylic acids is 2. The van der Waals surface area contributed by atoms with Gasteiger partial charge in [-0.05, 0) is 61.4 Å². The van der Waals surface area contributed by atoms with E-state index >= 15 is 0 Å². The minimum atomic E-state index is -3.31. The Hall–Kier alpha value is -2.50. The molecule has 3 aliphatic rings. The molecule has 9 nitrogen and oxygen atoms in total. The maximum atomic E-state index is 14.2. The number of carbonyl (C=O) groups is 2. The highest BCUT2D eigenvalue weighted by Crippen LogP contribution is 2.31. The average Bonchev–Trinajstić information content (AvgIpc) is 3.06. The first-order valence-electron chi connectivity index (χ1n) is 17.7. The number of hydrogen-bond acceptors (Lipinski definition) is 6. The van der Waals surface area contributed by atoms with Crippen LogP contribution in [0.1, 0.15) is 76.0 Å². The molecule has 11 heteroatoms. The van der Waals surface area contributed by atoms with Gasteiger partial charge in [0.15, 0.2) is 0 Å². The lowest BCUT2D eigenvalue weighted by Crippen LogP contribution is -2.61. The van der Waals surface area contributed by atoms with Crippen molar-refractivity contribution in [1.29, 1.82) is 0 Å². The quantitative estimate of drug-likeness (QED) is 0.337. The largest absolute Gasteiger partial charge is 0.343 e. The van der Waals surface area contributed by atoms with Crippen molar-refractivity contribution in [3.8, 4) is 0 Å². The lowest BCUT2D eigenvalue weighted by molar-refractivity contribution is -0.138. The van der Waals surface area contributed by atoms with Gasteiger partial charge >= 0.3 is 0 Å². The minimum absolute atomic E-state index is 0.0939. The standard InChI is InChI=1S/C37H54ClN5O4S/c1-5-43(48(4,46)47)26-31(23-27-11-7-6-8-12-27)41-19-21-42(22-20-41)36(45)34(24-28-15-17-30(38)18-16-28)39-35(44)33-25-29-13-9-10-14-32(29)37(2,3)40-33/h9-10,13-18,27,31,33-34,40H,5-8,11-12,19-26H2,1-4H3,(H,39,44). The second-order valence-corrected chi connectivity index (χ2v) is 17.0. The molecule has 3 unspecified atom stereocenters. The van der Waals surface area contributed by atoms with Crippen LogP contribution in [-0.4, -0.2) is 98.0 Å². The van der Waals surface area contributed by atoms with Gasteiger partial charge in [0.25, 0.3) is 0 Å². The fourth-order valence-electron chi connectivity index (χ4n) is 7.99. The van der Waals surface area contributed by atoms with Crippen molar-refractivity contribution in [2.45, 2.75) is 95.8 Å². The van der Waals surface area contributed by atoms with Gasteiger partial charge in [0.05, 0.1) is 12.3 Å². The normalized spacial score (nSPS) is 21.8. The van der Waals surface area contributed by atoms with Gasteiger partial charge in [0.1, 0.15) is 6.04 Å². The molecule has 48 heavy (non-hydrogen) atoms. The van der Waals surface area contributed by atoms with E-state index in [2.05, 4.69) is 41.5 Å². The second kappa shape index (κ2) is 16.0. The molecular formula is C37H54ClN5O4S. The third-order valence-electron chi connectivity index (χ3n) is 10.6. The summed E-state index contributed by atoms with van der Waals surface area (Å²) in [6.07, 6.45) is 9.34. The summed E-state index contributed by atoms with van der Waals surface area (Å²) in [4.78, 5) is 32.3. The summed E-state index contributed by atoms with van der Waals surface area (Å²) in [5.74, 6) is 0.325. The maximum Gasteiger partial charge on any atom is 0.245 e. The van der Waals surface area contributed by atoms with E-state index in [1.54, 1.807) is 4.31 Å². The Morgan fingerprint density at radius 1 is 1.02 bits per heavy atom. The highest BCUT2D eigenvalue weighted by Gasteiger charge is 2.38. The van der Waals surface area contributed by atoms with Crippen LogP contribution in [0, 0.1) is 5.92 Å². The number of benzene rings is 2. The highest BCUT2D eigenvalue weighted by atomic mass is 35.5. The summed E-state index contributed by atoms with van der Waals surface area (Å²) >= 11 is 6.16. The summed E-state index contributed by atoms with van der Waals surface area (Å²) in [7, 11) is -3.31. The van der Waals surface area contributed by atoms with Crippen LogP contribution >= 0.6 is 11.6 Å². The Labute approximate surface area is 292 Å². The van der Waals surface area contributed by atoms with Gasteiger partial charge in [0, 0.05) is 62.3 Å². The molecule has 2 amide bonds. The Kier molecular flexibility index (Phi) is 12.3. The zero-order valence-corrected chi connectivity index (χ0v) is 30.7. The molecule has 1 saturated carbocycles. The molecule has 2 aromatic rings. The molecule has 2 aliphatic heterocycles. The lowest BCUT2D eigenvalue weighted by atomic mass is 9.82. The molecule has 0 radical (unpaired) electrons. The lowest BCUT2D eigenvalue weighted by Gasteiger charge is -2.43. The van der Waals surface area contributed by atoms with Crippen LogP contribution in [0.3, 0.4) is 0 Å². The third-order valence-corrected chi connectivity index (χ3v) is 12.2. The maximum absolute atomic E-state index is 14.2. The van der Waals surface area contributed by atoms with E-state index in [-0.39, 0.29) is 23.4 Å². The van der Waals surface area contributed by atoms with E-state index in [0.717, 1.165) is 17.5 Å². The summed E-state index contributed by atoms with van der Waals surface area (Å²) in [5.41, 5.74) is 2.85. The molecule has 0 aromatic heterocycles. The molecule has 2 heterocycles. The fourth-order valence-corrected chi connectivity index (χ4v) is 9.03. The van der Waals surface area contributed by atoms with E-state index in [1.807, 2.05) is 48.2 Å². The molecule has 2 aromatic carbocycles. The van der Waals surface area contributed by atoms with Gasteiger partial charge in [-0.25, -0.2) is 12.7 Å². The second-order valence-electron chi connectivity index (χ2n) is 14.5. The topological polar surface area (TPSA) is 102 Å². The number of piperazine rings is 1. The summed E-state index contributed by atoms with van der Waals surface area (Å²) < 4.78 is 26.7. The van der Waals surface area contributed by atoms with Crippen LogP contribution < -0.4 is 10.6 Å². The molecular weight excluding hydrogens is 646 g/mol. The van der Waals surface area contributed by atoms with Crippen molar-refractivity contribution < 1.29 is 18.0 Å². The van der Waals surface area contributed by atoms with Crippen molar-refractivity contribution in [3.63, 3.8) is 0 Å². The molecule has 1 saturated heterocycles. The molecule has 5 rings (SSSR count). The first-order valence-corrected chi connectivity index (χ1v) is 20.0. The van der Waals surface area contributed by atoms with E-state index in [0.29, 0.717) is 63.1 Å². The average molecular weight is 700 g/mol. The molecule has 264 valence electrons. The van der Waals surface area contributed by atoms with Gasteiger partial charge < -0.3 is 10.2 Å². The van der Waals surface area contributed by atoms with E-state index in [4.69, 9.17) is 11.6 Å². The van der Waals surface area contributed by atoms with Gasteiger partial charge in [-0.15, -0.1) is 0 Å². The predicted octanol–water partition coefficient (Wildman–Crippen LogP) is 4.58. The molecule has 3 atom stereocenters. The van der Waals surface area contributed by atoms with E-state index in [1.165, 1.54) is 43.9 Å². The summed E-state index contributed by atoms with van der Waals surface area (Å²) in [5, 5.41) is 7.28. The number of nitrogens with one attached hydrogen (secondary N) is 2. The van der Waals surface area contributed by atoms with Gasteiger partial charge in [0.2, 0.25) is 21.8 Å². The zero-order chi connectivity index (χ0) is 34.5. The van der Waals surface area contributed by atoms with Crippen molar-refractivity contribution >= 4 is 33.4 Å². The van der Waals surface area contributed by atoms with E-state index < -0.39 is 22.1 Å². The summed E-state index contributed by atoms with van der Waals surface area (Å²) in [6, 6.07) is 14.5. The highest BCUT2D eigenvalue weighted by molar-refractivity contribution is 7.88. The Bertz CT molecular complexity index is 1500. The first kappa shape index (κ1) is 36.8.